The molecular weight excluding hydrogens is 378 g/mol. The second kappa shape index (κ2) is 10.2. The lowest BCUT2D eigenvalue weighted by Crippen LogP contribution is -2.46. The smallest absolute Gasteiger partial charge is 0.255 e. The lowest BCUT2D eigenvalue weighted by molar-refractivity contribution is 0.102. The van der Waals surface area contributed by atoms with Crippen LogP contribution in [0.2, 0.25) is 0 Å². The number of nitrogens with zero attached hydrogens (tertiary/aromatic N) is 2. The highest BCUT2D eigenvalue weighted by Gasteiger charge is 2.17. The molecule has 0 saturated carbocycles. The van der Waals surface area contributed by atoms with Crippen molar-refractivity contribution in [3.8, 4) is 11.5 Å². The number of benzene rings is 2. The average Bonchev–Trinajstić information content (AvgIpc) is 2.78. The summed E-state index contributed by atoms with van der Waals surface area (Å²) >= 11 is 0. The van der Waals surface area contributed by atoms with Gasteiger partial charge in [-0.05, 0) is 55.4 Å². The Kier molecular flexibility index (Phi) is 7.36. The first-order valence-electron chi connectivity index (χ1n) is 10.4. The van der Waals surface area contributed by atoms with Gasteiger partial charge in [-0.2, -0.15) is 0 Å². The van der Waals surface area contributed by atoms with Crippen LogP contribution in [0, 0.1) is 6.92 Å². The topological polar surface area (TPSA) is 54.0 Å². The molecule has 1 saturated heterocycles. The van der Waals surface area contributed by atoms with Crippen molar-refractivity contribution in [3.05, 3.63) is 60.2 Å². The Morgan fingerprint density at radius 1 is 1.13 bits per heavy atom. The van der Waals surface area contributed by atoms with Gasteiger partial charge in [0.2, 0.25) is 0 Å². The first-order valence-corrected chi connectivity index (χ1v) is 10.4. The zero-order valence-electron chi connectivity index (χ0n) is 18.1. The fourth-order valence-corrected chi connectivity index (χ4v) is 3.58. The minimum absolute atomic E-state index is 0.184. The van der Waals surface area contributed by atoms with E-state index in [0.29, 0.717) is 23.7 Å². The van der Waals surface area contributed by atoms with Crippen LogP contribution in [0.15, 0.2) is 49.1 Å². The summed E-state index contributed by atoms with van der Waals surface area (Å²) in [6.45, 7) is 13.6. The van der Waals surface area contributed by atoms with Crippen LogP contribution in [-0.2, 0) is 0 Å². The molecule has 0 unspecified atom stereocenters. The summed E-state index contributed by atoms with van der Waals surface area (Å²) < 4.78 is 10.9. The van der Waals surface area contributed by atoms with Gasteiger partial charge in [0.1, 0.15) is 6.61 Å². The molecule has 2 aromatic rings. The minimum Gasteiger partial charge on any atom is -0.493 e. The number of amides is 1. The van der Waals surface area contributed by atoms with Crippen LogP contribution in [0.5, 0.6) is 11.5 Å². The molecule has 160 valence electrons. The molecule has 0 spiro atoms. The molecule has 1 N–H and O–H groups in total. The van der Waals surface area contributed by atoms with Crippen molar-refractivity contribution in [1.29, 1.82) is 0 Å². The van der Waals surface area contributed by atoms with Gasteiger partial charge in [-0.25, -0.2) is 0 Å². The van der Waals surface area contributed by atoms with Crippen LogP contribution in [0.3, 0.4) is 0 Å². The molecule has 0 atom stereocenters. The van der Waals surface area contributed by atoms with Crippen LogP contribution in [0.25, 0.3) is 0 Å². The largest absolute Gasteiger partial charge is 0.493 e. The van der Waals surface area contributed by atoms with Crippen molar-refractivity contribution in [3.63, 3.8) is 0 Å². The Bertz CT molecular complexity index is 889. The maximum Gasteiger partial charge on any atom is 0.255 e. The van der Waals surface area contributed by atoms with Gasteiger partial charge in [0, 0.05) is 43.1 Å². The average molecular weight is 410 g/mol. The van der Waals surface area contributed by atoms with Crippen LogP contribution >= 0.6 is 0 Å². The maximum atomic E-state index is 12.8. The molecule has 0 aromatic heterocycles. The highest BCUT2D eigenvalue weighted by molar-refractivity contribution is 6.05. The van der Waals surface area contributed by atoms with E-state index in [9.17, 15) is 4.79 Å². The number of methoxy groups -OCH3 is 1. The standard InChI is InChI=1S/C24H31N3O3/c1-5-15-30-22-10-7-19(17-23(22)29-4)24(28)25-21-9-8-20(16-18(21)3)27-13-11-26(6-2)12-14-27/h5,7-10,16-17H,1,6,11-15H2,2-4H3,(H,25,28). The molecular formula is C24H31N3O3. The zero-order valence-corrected chi connectivity index (χ0v) is 18.1. The second-order valence-electron chi connectivity index (χ2n) is 7.34. The number of hydrogen-bond donors (Lipinski definition) is 1. The molecule has 0 bridgehead atoms. The quantitative estimate of drug-likeness (QED) is 0.669. The monoisotopic (exact) mass is 409 g/mol. The van der Waals surface area contributed by atoms with Crippen molar-refractivity contribution >= 4 is 17.3 Å². The summed E-state index contributed by atoms with van der Waals surface area (Å²) in [5.41, 5.74) is 3.56. The van der Waals surface area contributed by atoms with Crippen molar-refractivity contribution in [1.82, 2.24) is 4.90 Å². The molecule has 1 fully saturated rings. The van der Waals surface area contributed by atoms with E-state index in [-0.39, 0.29) is 5.91 Å². The van der Waals surface area contributed by atoms with Crippen LogP contribution < -0.4 is 19.7 Å². The fraction of sp³-hybridized carbons (Fsp3) is 0.375. The van der Waals surface area contributed by atoms with Gasteiger partial charge in [0.15, 0.2) is 11.5 Å². The van der Waals surface area contributed by atoms with E-state index < -0.39 is 0 Å². The number of anilines is 2. The highest BCUT2D eigenvalue weighted by Crippen LogP contribution is 2.29. The summed E-state index contributed by atoms with van der Waals surface area (Å²) in [7, 11) is 1.56. The van der Waals surface area contributed by atoms with Gasteiger partial charge in [-0.15, -0.1) is 0 Å². The number of rotatable bonds is 8. The van der Waals surface area contributed by atoms with Gasteiger partial charge < -0.3 is 24.6 Å². The Hall–Kier alpha value is -2.99. The number of ether oxygens (including phenoxy) is 2. The Morgan fingerprint density at radius 3 is 2.53 bits per heavy atom. The van der Waals surface area contributed by atoms with Crippen LogP contribution in [0.4, 0.5) is 11.4 Å². The summed E-state index contributed by atoms with van der Waals surface area (Å²) in [5.74, 6) is 0.913. The molecule has 30 heavy (non-hydrogen) atoms. The molecule has 1 aliphatic heterocycles. The van der Waals surface area contributed by atoms with Crippen molar-refractivity contribution in [2.45, 2.75) is 13.8 Å². The van der Waals surface area contributed by atoms with E-state index in [4.69, 9.17) is 9.47 Å². The normalized spacial score (nSPS) is 14.3. The molecule has 1 amide bonds. The van der Waals surface area contributed by atoms with E-state index in [1.54, 1.807) is 31.4 Å². The van der Waals surface area contributed by atoms with E-state index in [1.165, 1.54) is 5.69 Å². The van der Waals surface area contributed by atoms with Gasteiger partial charge in [-0.3, -0.25) is 4.79 Å². The molecule has 0 radical (unpaired) electrons. The maximum absolute atomic E-state index is 12.8. The number of aryl methyl sites for hydroxylation is 1. The third-order valence-corrected chi connectivity index (χ3v) is 5.43. The lowest BCUT2D eigenvalue weighted by Gasteiger charge is -2.35. The number of piperazine rings is 1. The lowest BCUT2D eigenvalue weighted by atomic mass is 10.1. The van der Waals surface area contributed by atoms with Gasteiger partial charge >= 0.3 is 0 Å². The van der Waals surface area contributed by atoms with Crippen LogP contribution in [0.1, 0.15) is 22.8 Å². The first-order chi connectivity index (χ1) is 14.5. The second-order valence-corrected chi connectivity index (χ2v) is 7.34. The number of hydrogen-bond acceptors (Lipinski definition) is 5. The predicted octanol–water partition coefficient (Wildman–Crippen LogP) is 3.96. The van der Waals surface area contributed by atoms with Gasteiger partial charge in [0.05, 0.1) is 7.11 Å². The molecule has 6 nitrogen and oxygen atoms in total. The van der Waals surface area contributed by atoms with E-state index in [2.05, 4.69) is 40.8 Å². The van der Waals surface area contributed by atoms with Gasteiger partial charge in [-0.1, -0.05) is 19.6 Å². The molecule has 3 rings (SSSR count). The van der Waals surface area contributed by atoms with E-state index in [0.717, 1.165) is 44.0 Å². The number of likely N-dealkylation sites (N-methyl/N-ethyl adjacent to an activating group) is 1. The van der Waals surface area contributed by atoms with Crippen molar-refractivity contribution in [2.24, 2.45) is 0 Å². The SMILES string of the molecule is C=CCOc1ccc(C(=O)Nc2ccc(N3CCN(CC)CC3)cc2C)cc1OC. The fourth-order valence-electron chi connectivity index (χ4n) is 3.58. The number of carbonyl (C=O) groups excluding carboxylic acids is 1. The number of nitrogens with one attached hydrogen (secondary N) is 1. The predicted molar refractivity (Wildman–Crippen MR) is 122 cm³/mol. The first kappa shape index (κ1) is 21.7. The Morgan fingerprint density at radius 2 is 1.90 bits per heavy atom. The molecule has 1 aliphatic rings. The van der Waals surface area contributed by atoms with Crippen molar-refractivity contribution in [2.75, 3.05) is 56.7 Å². The molecule has 0 aliphatic carbocycles. The molecule has 1 heterocycles. The minimum atomic E-state index is -0.184. The van der Waals surface area contributed by atoms with Crippen molar-refractivity contribution < 1.29 is 14.3 Å². The van der Waals surface area contributed by atoms with E-state index >= 15 is 0 Å². The Balaban J connectivity index is 1.69. The summed E-state index contributed by atoms with van der Waals surface area (Å²) in [6.07, 6.45) is 1.66. The zero-order chi connectivity index (χ0) is 21.5. The highest BCUT2D eigenvalue weighted by atomic mass is 16.5. The molecule has 2 aromatic carbocycles. The summed E-state index contributed by atoms with van der Waals surface area (Å²) in [6, 6.07) is 11.4. The third-order valence-electron chi connectivity index (χ3n) is 5.43. The summed E-state index contributed by atoms with van der Waals surface area (Å²) in [4.78, 5) is 17.6. The molecule has 6 heteroatoms. The third kappa shape index (κ3) is 5.13. The van der Waals surface area contributed by atoms with E-state index in [1.807, 2.05) is 13.0 Å². The van der Waals surface area contributed by atoms with Crippen LogP contribution in [-0.4, -0.2) is 57.2 Å². The number of carbonyl (C=O) groups is 1. The van der Waals surface area contributed by atoms with Gasteiger partial charge in [0.25, 0.3) is 5.91 Å². The summed E-state index contributed by atoms with van der Waals surface area (Å²) in [5, 5.41) is 3.01. The Labute approximate surface area is 179 Å².